The van der Waals surface area contributed by atoms with E-state index in [2.05, 4.69) is 197 Å². The number of fused-ring (bicyclic) bond motifs is 7. The van der Waals surface area contributed by atoms with E-state index in [0.717, 1.165) is 61.3 Å². The van der Waals surface area contributed by atoms with E-state index >= 15 is 0 Å². The van der Waals surface area contributed by atoms with Gasteiger partial charge in [0.2, 0.25) is 0 Å². The van der Waals surface area contributed by atoms with Gasteiger partial charge in [-0.1, -0.05) is 188 Å². The van der Waals surface area contributed by atoms with Crippen molar-refractivity contribution in [1.82, 2.24) is 24.1 Å². The molecule has 290 valence electrons. The molecule has 0 aliphatic carbocycles. The summed E-state index contributed by atoms with van der Waals surface area (Å²) in [5.74, 6) is 1.86. The number of hydrogen-bond acceptors (Lipinski definition) is 3. The predicted molar refractivity (Wildman–Crippen MR) is 256 cm³/mol. The van der Waals surface area contributed by atoms with Crippen molar-refractivity contribution < 1.29 is 0 Å². The molecule has 0 aliphatic heterocycles. The Hall–Kier alpha value is -8.41. The molecule has 9 aromatic carbocycles. The van der Waals surface area contributed by atoms with Crippen LogP contribution < -0.4 is 0 Å². The molecule has 12 aromatic rings. The van der Waals surface area contributed by atoms with Crippen molar-refractivity contribution in [3.8, 4) is 67.8 Å². The van der Waals surface area contributed by atoms with Gasteiger partial charge in [0.05, 0.1) is 33.4 Å². The van der Waals surface area contributed by atoms with Crippen molar-refractivity contribution in [2.45, 2.75) is 0 Å². The highest BCUT2D eigenvalue weighted by Gasteiger charge is 2.25. The van der Waals surface area contributed by atoms with Crippen molar-refractivity contribution in [3.05, 3.63) is 224 Å². The summed E-state index contributed by atoms with van der Waals surface area (Å²) in [6.07, 6.45) is 0. The average Bonchev–Trinajstić information content (AvgIpc) is 3.88. The minimum Gasteiger partial charge on any atom is -0.307 e. The van der Waals surface area contributed by atoms with Crippen LogP contribution in [-0.4, -0.2) is 24.1 Å². The second kappa shape index (κ2) is 14.7. The molecule has 0 unspecified atom stereocenters. The Kier molecular flexibility index (Phi) is 8.42. The van der Waals surface area contributed by atoms with Crippen molar-refractivity contribution >= 4 is 43.6 Å². The third-order valence-electron chi connectivity index (χ3n) is 12.0. The Bertz CT molecular complexity index is 3550. The second-order valence-electron chi connectivity index (χ2n) is 15.6. The minimum atomic E-state index is 0.606. The first-order valence-corrected chi connectivity index (χ1v) is 21.0. The molecular formula is C57H37N5. The predicted octanol–water partition coefficient (Wildman–Crippen LogP) is 14.4. The summed E-state index contributed by atoms with van der Waals surface area (Å²) in [5, 5.41) is 4.71. The van der Waals surface area contributed by atoms with Crippen LogP contribution in [0.15, 0.2) is 224 Å². The van der Waals surface area contributed by atoms with Crippen LogP contribution in [0.1, 0.15) is 0 Å². The van der Waals surface area contributed by atoms with Gasteiger partial charge in [-0.05, 0) is 53.1 Å². The molecule has 12 rings (SSSR count). The third-order valence-corrected chi connectivity index (χ3v) is 12.0. The molecule has 3 heterocycles. The summed E-state index contributed by atoms with van der Waals surface area (Å²) in [4.78, 5) is 15.5. The zero-order valence-corrected chi connectivity index (χ0v) is 33.6. The van der Waals surface area contributed by atoms with E-state index in [0.29, 0.717) is 17.5 Å². The molecule has 0 saturated carbocycles. The summed E-state index contributed by atoms with van der Waals surface area (Å²) in [5.41, 5.74) is 14.0. The standard InChI is InChI=1S/C57H37N5/c1-5-19-38(20-6-1)42-33-36-52(48(37-42)39-21-7-2-8-22-39)62-50-31-17-14-28-44(50)46-35-34-45-43-27-13-16-30-49(43)61(53(45)54(46)62)51-32-18-15-29-47(51)57-59-55(40-23-9-3-10-24-40)58-56(60-57)41-25-11-4-12-26-41/h1-37H. The van der Waals surface area contributed by atoms with Crippen LogP contribution in [0, 0.1) is 0 Å². The SMILES string of the molecule is c1ccc(-c2ccc(-n3c4ccccc4c4ccc5c6ccccc6n(-c6ccccc6-c6nc(-c7ccccc7)nc(-c7ccccc7)n6)c5c43)c(-c3ccccc3)c2)cc1. The topological polar surface area (TPSA) is 48.5 Å². The molecule has 5 nitrogen and oxygen atoms in total. The van der Waals surface area contributed by atoms with Gasteiger partial charge < -0.3 is 9.13 Å². The van der Waals surface area contributed by atoms with Crippen LogP contribution in [0.25, 0.3) is 111 Å². The zero-order valence-electron chi connectivity index (χ0n) is 33.6. The Morgan fingerprint density at radius 3 is 1.23 bits per heavy atom. The van der Waals surface area contributed by atoms with Gasteiger partial charge in [0.15, 0.2) is 17.5 Å². The first kappa shape index (κ1) is 35.5. The van der Waals surface area contributed by atoms with Gasteiger partial charge >= 0.3 is 0 Å². The fourth-order valence-electron chi connectivity index (χ4n) is 9.18. The second-order valence-corrected chi connectivity index (χ2v) is 15.6. The molecule has 0 saturated heterocycles. The van der Waals surface area contributed by atoms with Gasteiger partial charge in [0.1, 0.15) is 0 Å². The van der Waals surface area contributed by atoms with Crippen LogP contribution in [0.2, 0.25) is 0 Å². The summed E-state index contributed by atoms with van der Waals surface area (Å²) < 4.78 is 4.93. The summed E-state index contributed by atoms with van der Waals surface area (Å²) >= 11 is 0. The van der Waals surface area contributed by atoms with E-state index in [1.165, 1.54) is 32.7 Å². The highest BCUT2D eigenvalue weighted by Crippen LogP contribution is 2.45. The van der Waals surface area contributed by atoms with E-state index in [-0.39, 0.29) is 0 Å². The molecule has 0 bridgehead atoms. The van der Waals surface area contributed by atoms with E-state index in [4.69, 9.17) is 15.0 Å². The maximum absolute atomic E-state index is 5.23. The van der Waals surface area contributed by atoms with E-state index in [9.17, 15) is 0 Å². The largest absolute Gasteiger partial charge is 0.307 e. The van der Waals surface area contributed by atoms with Crippen molar-refractivity contribution in [2.24, 2.45) is 0 Å². The molecule has 0 radical (unpaired) electrons. The van der Waals surface area contributed by atoms with E-state index in [1.54, 1.807) is 0 Å². The lowest BCUT2D eigenvalue weighted by Crippen LogP contribution is -2.04. The minimum absolute atomic E-state index is 0.606. The number of benzene rings is 9. The maximum atomic E-state index is 5.23. The molecule has 0 fully saturated rings. The quantitative estimate of drug-likeness (QED) is 0.162. The fourth-order valence-corrected chi connectivity index (χ4v) is 9.18. The molecule has 62 heavy (non-hydrogen) atoms. The zero-order chi connectivity index (χ0) is 41.0. The normalized spacial score (nSPS) is 11.5. The highest BCUT2D eigenvalue weighted by atomic mass is 15.1. The number of para-hydroxylation sites is 3. The first-order valence-electron chi connectivity index (χ1n) is 21.0. The van der Waals surface area contributed by atoms with Crippen LogP contribution in [-0.2, 0) is 0 Å². The lowest BCUT2D eigenvalue weighted by molar-refractivity contribution is 1.06. The summed E-state index contributed by atoms with van der Waals surface area (Å²) in [7, 11) is 0. The van der Waals surface area contributed by atoms with Gasteiger partial charge in [-0.15, -0.1) is 0 Å². The van der Waals surface area contributed by atoms with Gasteiger partial charge in [-0.3, -0.25) is 0 Å². The Morgan fingerprint density at radius 1 is 0.258 bits per heavy atom. The van der Waals surface area contributed by atoms with Crippen LogP contribution in [0.3, 0.4) is 0 Å². The van der Waals surface area contributed by atoms with Gasteiger partial charge in [-0.25, -0.2) is 15.0 Å². The number of rotatable bonds is 7. The summed E-state index contributed by atoms with van der Waals surface area (Å²) in [6.45, 7) is 0. The Morgan fingerprint density at radius 2 is 0.677 bits per heavy atom. The van der Waals surface area contributed by atoms with Crippen LogP contribution >= 0.6 is 0 Å². The monoisotopic (exact) mass is 791 g/mol. The van der Waals surface area contributed by atoms with Crippen LogP contribution in [0.4, 0.5) is 0 Å². The lowest BCUT2D eigenvalue weighted by atomic mass is 9.97. The van der Waals surface area contributed by atoms with Crippen molar-refractivity contribution in [2.75, 3.05) is 0 Å². The molecular weight excluding hydrogens is 755 g/mol. The van der Waals surface area contributed by atoms with Crippen molar-refractivity contribution in [3.63, 3.8) is 0 Å². The fraction of sp³-hybridized carbons (Fsp3) is 0. The molecule has 0 aliphatic rings. The molecule has 0 atom stereocenters. The third kappa shape index (κ3) is 5.82. The molecule has 0 amide bonds. The summed E-state index contributed by atoms with van der Waals surface area (Å²) in [6, 6.07) is 79.3. The van der Waals surface area contributed by atoms with E-state index in [1.807, 2.05) is 36.4 Å². The van der Waals surface area contributed by atoms with Gasteiger partial charge in [0.25, 0.3) is 0 Å². The van der Waals surface area contributed by atoms with E-state index < -0.39 is 0 Å². The smallest absolute Gasteiger partial charge is 0.166 e. The molecule has 3 aromatic heterocycles. The van der Waals surface area contributed by atoms with Gasteiger partial charge in [0, 0.05) is 43.8 Å². The average molecular weight is 792 g/mol. The Labute approximate surface area is 358 Å². The highest BCUT2D eigenvalue weighted by molar-refractivity contribution is 6.24. The molecule has 0 N–H and O–H groups in total. The van der Waals surface area contributed by atoms with Crippen LogP contribution in [0.5, 0.6) is 0 Å². The first-order chi connectivity index (χ1) is 30.8. The molecule has 5 heteroatoms. The number of hydrogen-bond donors (Lipinski definition) is 0. The Balaban J connectivity index is 1.19. The molecule has 0 spiro atoms. The lowest BCUT2D eigenvalue weighted by Gasteiger charge is -2.18. The number of aromatic nitrogens is 5. The van der Waals surface area contributed by atoms with Crippen molar-refractivity contribution in [1.29, 1.82) is 0 Å². The maximum Gasteiger partial charge on any atom is 0.166 e. The van der Waals surface area contributed by atoms with Gasteiger partial charge in [-0.2, -0.15) is 0 Å². The number of nitrogens with zero attached hydrogens (tertiary/aromatic N) is 5.